The van der Waals surface area contributed by atoms with E-state index >= 15 is 0 Å². The van der Waals surface area contributed by atoms with Gasteiger partial charge in [0.25, 0.3) is 5.91 Å². The Labute approximate surface area is 145 Å². The van der Waals surface area contributed by atoms with E-state index < -0.39 is 0 Å². The van der Waals surface area contributed by atoms with Crippen LogP contribution in [0.2, 0.25) is 5.15 Å². The number of halogens is 1. The van der Waals surface area contributed by atoms with Crippen LogP contribution in [0.3, 0.4) is 0 Å². The van der Waals surface area contributed by atoms with Crippen molar-refractivity contribution in [2.45, 2.75) is 19.4 Å². The highest BCUT2D eigenvalue weighted by Crippen LogP contribution is 2.15. The number of amides is 1. The molecular weight excluding hydrogens is 328 g/mol. The number of ether oxygens (including phenoxy) is 1. The summed E-state index contributed by atoms with van der Waals surface area (Å²) >= 11 is 5.82. The Morgan fingerprint density at radius 3 is 2.67 bits per heavy atom. The average Bonchev–Trinajstić information content (AvgIpc) is 3.13. The predicted octanol–water partition coefficient (Wildman–Crippen LogP) is 2.74. The normalized spacial score (nSPS) is 13.8. The Bertz CT molecular complexity index is 687. The highest BCUT2D eigenvalue weighted by atomic mass is 35.5. The average molecular weight is 347 g/mol. The van der Waals surface area contributed by atoms with Crippen LogP contribution in [0, 0.1) is 0 Å². The van der Waals surface area contributed by atoms with Gasteiger partial charge < -0.3 is 15.0 Å². The largest absolute Gasteiger partial charge is 0.484 e. The predicted molar refractivity (Wildman–Crippen MR) is 92.1 cm³/mol. The van der Waals surface area contributed by atoms with Crippen molar-refractivity contribution in [1.82, 2.24) is 14.9 Å². The molecule has 2 aromatic rings. The van der Waals surface area contributed by atoms with Gasteiger partial charge in [-0.15, -0.1) is 0 Å². The molecule has 7 heteroatoms. The van der Waals surface area contributed by atoms with Gasteiger partial charge in [-0.05, 0) is 30.5 Å². The molecule has 0 bridgehead atoms. The van der Waals surface area contributed by atoms with Crippen LogP contribution >= 0.6 is 11.6 Å². The summed E-state index contributed by atoms with van der Waals surface area (Å²) in [4.78, 5) is 21.7. The number of hydrogen-bond donors (Lipinski definition) is 1. The molecule has 0 saturated carbocycles. The van der Waals surface area contributed by atoms with E-state index in [-0.39, 0.29) is 12.5 Å². The van der Waals surface area contributed by atoms with Gasteiger partial charge in [0.1, 0.15) is 23.0 Å². The lowest BCUT2D eigenvalue weighted by molar-refractivity contribution is -0.132. The zero-order chi connectivity index (χ0) is 16.8. The molecule has 1 aromatic heterocycles. The Balaban J connectivity index is 1.47. The second-order valence-corrected chi connectivity index (χ2v) is 5.99. The first kappa shape index (κ1) is 16.5. The molecule has 126 valence electrons. The van der Waals surface area contributed by atoms with Crippen molar-refractivity contribution in [3.05, 3.63) is 47.4 Å². The van der Waals surface area contributed by atoms with E-state index in [1.54, 1.807) is 6.07 Å². The summed E-state index contributed by atoms with van der Waals surface area (Å²) in [5.74, 6) is 1.42. The van der Waals surface area contributed by atoms with Crippen molar-refractivity contribution >= 4 is 23.3 Å². The molecule has 2 heterocycles. The van der Waals surface area contributed by atoms with Crippen LogP contribution in [0.4, 0.5) is 5.82 Å². The molecule has 0 spiro atoms. The maximum atomic E-state index is 11.9. The van der Waals surface area contributed by atoms with E-state index in [2.05, 4.69) is 15.3 Å². The van der Waals surface area contributed by atoms with E-state index in [1.165, 1.54) is 6.33 Å². The topological polar surface area (TPSA) is 67.3 Å². The molecule has 1 amide bonds. The fourth-order valence-corrected chi connectivity index (χ4v) is 2.68. The van der Waals surface area contributed by atoms with Gasteiger partial charge in [-0.25, -0.2) is 9.97 Å². The van der Waals surface area contributed by atoms with Crippen LogP contribution in [0.5, 0.6) is 5.75 Å². The van der Waals surface area contributed by atoms with Crippen molar-refractivity contribution < 1.29 is 9.53 Å². The van der Waals surface area contributed by atoms with Crippen LogP contribution in [0.1, 0.15) is 18.4 Å². The second-order valence-electron chi connectivity index (χ2n) is 5.60. The number of nitrogens with one attached hydrogen (secondary N) is 1. The fraction of sp³-hybridized carbons (Fsp3) is 0.353. The third kappa shape index (κ3) is 4.58. The summed E-state index contributed by atoms with van der Waals surface area (Å²) in [7, 11) is 0. The molecule has 3 rings (SSSR count). The van der Waals surface area contributed by atoms with Crippen molar-refractivity contribution in [3.63, 3.8) is 0 Å². The van der Waals surface area contributed by atoms with Gasteiger partial charge in [-0.2, -0.15) is 0 Å². The lowest BCUT2D eigenvalue weighted by Gasteiger charge is -2.15. The van der Waals surface area contributed by atoms with Gasteiger partial charge in [0, 0.05) is 25.7 Å². The highest BCUT2D eigenvalue weighted by molar-refractivity contribution is 6.29. The van der Waals surface area contributed by atoms with Crippen molar-refractivity contribution in [2.75, 3.05) is 25.0 Å². The number of benzene rings is 1. The highest BCUT2D eigenvalue weighted by Gasteiger charge is 2.17. The van der Waals surface area contributed by atoms with Crippen LogP contribution < -0.4 is 10.1 Å². The third-order valence-electron chi connectivity index (χ3n) is 3.85. The summed E-state index contributed by atoms with van der Waals surface area (Å²) in [5, 5.41) is 3.57. The molecule has 0 radical (unpaired) electrons. The molecule has 0 unspecified atom stereocenters. The zero-order valence-electron chi connectivity index (χ0n) is 13.2. The fourth-order valence-electron chi connectivity index (χ4n) is 2.53. The number of likely N-dealkylation sites (tertiary alicyclic amines) is 1. The number of anilines is 1. The first-order valence-corrected chi connectivity index (χ1v) is 8.29. The second kappa shape index (κ2) is 7.97. The van der Waals surface area contributed by atoms with Crippen LogP contribution in [0.25, 0.3) is 0 Å². The van der Waals surface area contributed by atoms with Gasteiger partial charge in [0.15, 0.2) is 6.61 Å². The Morgan fingerprint density at radius 2 is 1.96 bits per heavy atom. The quantitative estimate of drug-likeness (QED) is 0.815. The summed E-state index contributed by atoms with van der Waals surface area (Å²) < 4.78 is 5.56. The van der Waals surface area contributed by atoms with E-state index in [4.69, 9.17) is 16.3 Å². The van der Waals surface area contributed by atoms with Crippen LogP contribution in [-0.4, -0.2) is 40.5 Å². The molecule has 1 aliphatic heterocycles. The summed E-state index contributed by atoms with van der Waals surface area (Å²) in [6, 6.07) is 9.29. The number of hydrogen-bond acceptors (Lipinski definition) is 5. The van der Waals surface area contributed by atoms with Gasteiger partial charge in [0.05, 0.1) is 0 Å². The Kier molecular flexibility index (Phi) is 5.48. The van der Waals surface area contributed by atoms with Gasteiger partial charge >= 0.3 is 0 Å². The minimum atomic E-state index is 0.0545. The van der Waals surface area contributed by atoms with Crippen molar-refractivity contribution in [3.8, 4) is 5.75 Å². The molecule has 24 heavy (non-hydrogen) atoms. The molecule has 1 aromatic carbocycles. The minimum absolute atomic E-state index is 0.0545. The Morgan fingerprint density at radius 1 is 1.21 bits per heavy atom. The standard InChI is InChI=1S/C17H19ClN4O2/c18-15-9-16(21-12-20-15)19-10-13-3-5-14(6-4-13)24-11-17(23)22-7-1-2-8-22/h3-6,9,12H,1-2,7-8,10-11H2,(H,19,20,21). The molecule has 1 aliphatic rings. The first-order valence-electron chi connectivity index (χ1n) is 7.91. The van der Waals surface area contributed by atoms with E-state index in [0.29, 0.717) is 23.3 Å². The van der Waals surface area contributed by atoms with E-state index in [9.17, 15) is 4.79 Å². The van der Waals surface area contributed by atoms with E-state index in [0.717, 1.165) is 31.5 Å². The minimum Gasteiger partial charge on any atom is -0.484 e. The number of aromatic nitrogens is 2. The zero-order valence-corrected chi connectivity index (χ0v) is 14.0. The molecule has 1 N–H and O–H groups in total. The van der Waals surface area contributed by atoms with Crippen LogP contribution in [-0.2, 0) is 11.3 Å². The number of carbonyl (C=O) groups is 1. The molecule has 6 nitrogen and oxygen atoms in total. The monoisotopic (exact) mass is 346 g/mol. The maximum Gasteiger partial charge on any atom is 0.260 e. The number of carbonyl (C=O) groups excluding carboxylic acids is 1. The first-order chi connectivity index (χ1) is 11.7. The lowest BCUT2D eigenvalue weighted by atomic mass is 10.2. The van der Waals surface area contributed by atoms with Crippen molar-refractivity contribution in [1.29, 1.82) is 0 Å². The number of rotatable bonds is 6. The van der Waals surface area contributed by atoms with Gasteiger partial charge in [-0.3, -0.25) is 4.79 Å². The van der Waals surface area contributed by atoms with Gasteiger partial charge in [-0.1, -0.05) is 23.7 Å². The maximum absolute atomic E-state index is 11.9. The Hall–Kier alpha value is -2.34. The molecule has 1 fully saturated rings. The lowest BCUT2D eigenvalue weighted by Crippen LogP contribution is -2.32. The SMILES string of the molecule is O=C(COc1ccc(CNc2cc(Cl)ncn2)cc1)N1CCCC1. The number of nitrogens with zero attached hydrogens (tertiary/aromatic N) is 3. The van der Waals surface area contributed by atoms with Crippen molar-refractivity contribution in [2.24, 2.45) is 0 Å². The summed E-state index contributed by atoms with van der Waals surface area (Å²) in [6.45, 7) is 2.40. The van der Waals surface area contributed by atoms with Crippen LogP contribution in [0.15, 0.2) is 36.7 Å². The van der Waals surface area contributed by atoms with Gasteiger partial charge in [0.2, 0.25) is 0 Å². The smallest absolute Gasteiger partial charge is 0.260 e. The van der Waals surface area contributed by atoms with E-state index in [1.807, 2.05) is 29.2 Å². The molecular formula is C17H19ClN4O2. The molecule has 0 aliphatic carbocycles. The third-order valence-corrected chi connectivity index (χ3v) is 4.06. The molecule has 0 atom stereocenters. The molecule has 1 saturated heterocycles. The summed E-state index contributed by atoms with van der Waals surface area (Å²) in [5.41, 5.74) is 1.07. The summed E-state index contributed by atoms with van der Waals surface area (Å²) in [6.07, 6.45) is 3.59.